The van der Waals surface area contributed by atoms with E-state index in [-0.39, 0.29) is 11.5 Å². The molecule has 0 unspecified atom stereocenters. The van der Waals surface area contributed by atoms with Crippen LogP contribution in [0.15, 0.2) is 99.5 Å². The molecule has 2 aromatic rings. The molecule has 0 saturated carbocycles. The van der Waals surface area contributed by atoms with Crippen molar-refractivity contribution in [2.75, 3.05) is 0 Å². The van der Waals surface area contributed by atoms with Crippen molar-refractivity contribution in [2.45, 2.75) is 19.3 Å². The number of carbonyl (C=O) groups is 3. The fraction of sp³-hybridized carbons (Fsp3) is 0.115. The van der Waals surface area contributed by atoms with Gasteiger partial charge in [-0.2, -0.15) is 0 Å². The van der Waals surface area contributed by atoms with Crippen molar-refractivity contribution in [1.29, 1.82) is 0 Å². The number of rotatable bonds is 7. The van der Waals surface area contributed by atoms with Gasteiger partial charge in [0.15, 0.2) is 0 Å². The highest BCUT2D eigenvalue weighted by molar-refractivity contribution is 5.81. The van der Waals surface area contributed by atoms with Gasteiger partial charge in [0.1, 0.15) is 11.5 Å². The molecular weight excluding hydrogens is 440 g/mol. The quantitative estimate of drug-likeness (QED) is 0.237. The number of esters is 2. The van der Waals surface area contributed by atoms with Gasteiger partial charge in [-0.1, -0.05) is 76.6 Å². The first-order valence-corrected chi connectivity index (χ1v) is 9.71. The number of hydrogen-bond donors (Lipinski definition) is 2. The third kappa shape index (κ3) is 10.1. The predicted molar refractivity (Wildman–Crippen MR) is 128 cm³/mol. The van der Waals surface area contributed by atoms with E-state index in [0.29, 0.717) is 11.1 Å². The van der Waals surface area contributed by atoms with Crippen molar-refractivity contribution in [3.63, 3.8) is 0 Å². The molecule has 0 spiro atoms. The number of benzene rings is 2. The first-order chi connectivity index (χ1) is 16.0. The number of ether oxygens (including phenoxy) is 3. The molecule has 0 aliphatic heterocycles. The van der Waals surface area contributed by atoms with Crippen molar-refractivity contribution in [3.8, 4) is 11.5 Å². The Labute approximate surface area is 198 Å². The smallest absolute Gasteiger partial charge is 0.508 e. The zero-order valence-corrected chi connectivity index (χ0v) is 19.1. The van der Waals surface area contributed by atoms with Crippen LogP contribution in [0, 0.1) is 0 Å². The topological polar surface area (TPSA) is 119 Å². The Morgan fingerprint density at radius 1 is 0.794 bits per heavy atom. The highest BCUT2D eigenvalue weighted by atomic mass is 16.7. The Balaban J connectivity index is 0.000000642. The van der Waals surface area contributed by atoms with Gasteiger partial charge in [0, 0.05) is 28.7 Å². The van der Waals surface area contributed by atoms with Crippen LogP contribution in [-0.2, 0) is 24.5 Å². The van der Waals surface area contributed by atoms with Crippen molar-refractivity contribution in [1.82, 2.24) is 0 Å². The van der Waals surface area contributed by atoms with Gasteiger partial charge in [-0.3, -0.25) is 0 Å². The van der Waals surface area contributed by atoms with Crippen molar-refractivity contribution in [3.05, 3.63) is 111 Å². The van der Waals surface area contributed by atoms with Crippen LogP contribution in [0.4, 0.5) is 4.79 Å². The number of aromatic hydroxyl groups is 1. The van der Waals surface area contributed by atoms with Gasteiger partial charge < -0.3 is 24.4 Å². The number of phenolic OH excluding ortho intramolecular Hbond substituents is 1. The number of para-hydroxylation sites is 2. The molecule has 0 bridgehead atoms. The van der Waals surface area contributed by atoms with Gasteiger partial charge in [0.25, 0.3) is 0 Å². The van der Waals surface area contributed by atoms with Crippen LogP contribution in [0.1, 0.15) is 25.0 Å². The lowest BCUT2D eigenvalue weighted by Crippen LogP contribution is -2.21. The molecule has 8 heteroatoms. The summed E-state index contributed by atoms with van der Waals surface area (Å²) in [7, 11) is 0. The minimum atomic E-state index is -1.36. The second-order valence-corrected chi connectivity index (χ2v) is 6.62. The van der Waals surface area contributed by atoms with Gasteiger partial charge in [-0.05, 0) is 12.1 Å². The average Bonchev–Trinajstić information content (AvgIpc) is 2.80. The van der Waals surface area contributed by atoms with E-state index >= 15 is 0 Å². The van der Waals surface area contributed by atoms with Crippen LogP contribution in [0.3, 0.4) is 0 Å². The van der Waals surface area contributed by atoms with Crippen molar-refractivity contribution < 1.29 is 38.8 Å². The third-order valence-corrected chi connectivity index (χ3v) is 4.07. The number of carboxylic acid groups (broad SMARTS) is 1. The molecule has 180 valence electrons. The first kappa shape index (κ1) is 29.4. The molecule has 8 nitrogen and oxygen atoms in total. The second kappa shape index (κ2) is 15.3. The normalized spacial score (nSPS) is 9.35. The van der Waals surface area contributed by atoms with Gasteiger partial charge in [0.05, 0.1) is 12.5 Å². The van der Waals surface area contributed by atoms with Crippen LogP contribution in [0.2, 0.25) is 0 Å². The molecule has 2 rings (SSSR count). The zero-order chi connectivity index (χ0) is 26.1. The summed E-state index contributed by atoms with van der Waals surface area (Å²) in [5.41, 5.74) is 0.822. The fourth-order valence-electron chi connectivity index (χ4n) is 2.57. The molecule has 0 heterocycles. The van der Waals surface area contributed by atoms with E-state index in [1.54, 1.807) is 30.3 Å². The van der Waals surface area contributed by atoms with Crippen molar-refractivity contribution in [2.24, 2.45) is 0 Å². The van der Waals surface area contributed by atoms with Crippen LogP contribution >= 0.6 is 0 Å². The van der Waals surface area contributed by atoms with Gasteiger partial charge in [-0.25, -0.2) is 14.4 Å². The predicted octanol–water partition coefficient (Wildman–Crippen LogP) is 5.49. The molecule has 0 fully saturated rings. The molecule has 2 N–H and O–H groups in total. The summed E-state index contributed by atoms with van der Waals surface area (Å²) in [5, 5.41) is 18.8. The Bertz CT molecular complexity index is 995. The van der Waals surface area contributed by atoms with E-state index in [1.165, 1.54) is 0 Å². The molecule has 34 heavy (non-hydrogen) atoms. The molecular formula is C26H28O8. The van der Waals surface area contributed by atoms with E-state index in [1.807, 2.05) is 32.0 Å². The van der Waals surface area contributed by atoms with Gasteiger partial charge in [0.2, 0.25) is 0 Å². The van der Waals surface area contributed by atoms with E-state index < -0.39 is 23.5 Å². The lowest BCUT2D eigenvalue weighted by atomic mass is 9.77. The first-order valence-electron chi connectivity index (χ1n) is 9.71. The maximum absolute atomic E-state index is 10.8. The Hall–Kier alpha value is -4.59. The SMILES string of the molecule is C=COC(=O)C=C.C=COC(=O)C=C.CC(C)(c1ccccc1O)c1ccccc1OC(=O)O. The van der Waals surface area contributed by atoms with Crippen LogP contribution in [0.25, 0.3) is 0 Å². The summed E-state index contributed by atoms with van der Waals surface area (Å²) in [6.45, 7) is 16.4. The Kier molecular flexibility index (Phi) is 13.2. The minimum Gasteiger partial charge on any atom is -0.508 e. The van der Waals surface area contributed by atoms with E-state index in [2.05, 4.69) is 35.8 Å². The molecule has 0 amide bonds. The van der Waals surface area contributed by atoms with Crippen LogP contribution < -0.4 is 4.74 Å². The summed E-state index contributed by atoms with van der Waals surface area (Å²) in [6.07, 6.45) is 2.91. The van der Waals surface area contributed by atoms with Gasteiger partial charge >= 0.3 is 18.1 Å². The molecule has 2 aromatic carbocycles. The number of phenols is 1. The lowest BCUT2D eigenvalue weighted by molar-refractivity contribution is -0.133. The Morgan fingerprint density at radius 3 is 1.62 bits per heavy atom. The summed E-state index contributed by atoms with van der Waals surface area (Å²) in [6, 6.07) is 13.9. The van der Waals surface area contributed by atoms with E-state index in [4.69, 9.17) is 9.84 Å². The molecule has 0 aromatic heterocycles. The summed E-state index contributed by atoms with van der Waals surface area (Å²) < 4.78 is 13.2. The highest BCUT2D eigenvalue weighted by Gasteiger charge is 2.29. The van der Waals surface area contributed by atoms with Crippen LogP contribution in [-0.4, -0.2) is 28.3 Å². The molecule has 0 atom stereocenters. The number of hydrogen-bond acceptors (Lipinski definition) is 7. The molecule has 0 saturated heterocycles. The lowest BCUT2D eigenvalue weighted by Gasteiger charge is -2.28. The van der Waals surface area contributed by atoms with E-state index in [9.17, 15) is 19.5 Å². The summed E-state index contributed by atoms with van der Waals surface area (Å²) in [5.74, 6) is -0.513. The fourth-order valence-corrected chi connectivity index (χ4v) is 2.57. The van der Waals surface area contributed by atoms with E-state index in [0.717, 1.165) is 24.7 Å². The van der Waals surface area contributed by atoms with Gasteiger partial charge in [-0.15, -0.1) is 0 Å². The second-order valence-electron chi connectivity index (χ2n) is 6.62. The Morgan fingerprint density at radius 2 is 1.24 bits per heavy atom. The average molecular weight is 469 g/mol. The third-order valence-electron chi connectivity index (χ3n) is 4.07. The highest BCUT2D eigenvalue weighted by Crippen LogP contribution is 2.40. The largest absolute Gasteiger partial charge is 0.511 e. The summed E-state index contributed by atoms with van der Waals surface area (Å²) >= 11 is 0. The minimum absolute atomic E-state index is 0.169. The van der Waals surface area contributed by atoms with Crippen LogP contribution in [0.5, 0.6) is 11.5 Å². The molecule has 0 aliphatic carbocycles. The zero-order valence-electron chi connectivity index (χ0n) is 19.1. The maximum Gasteiger partial charge on any atom is 0.511 e. The molecule has 0 radical (unpaired) electrons. The monoisotopic (exact) mass is 468 g/mol. The maximum atomic E-state index is 10.8. The summed E-state index contributed by atoms with van der Waals surface area (Å²) in [4.78, 5) is 30.8. The standard InChI is InChI=1S/C16H16O4.2C5H6O2/c1-16(2,11-7-3-5-9-13(11)17)12-8-4-6-10-14(12)20-15(18)19;2*1-3-5(6)7-4-2/h3-10,17H,1-2H3,(H,18,19);2*3-4H,1-2H2. The van der Waals surface area contributed by atoms with Crippen molar-refractivity contribution >= 4 is 18.1 Å². The number of carbonyl (C=O) groups excluding carboxylic acids is 2. The molecule has 0 aliphatic rings.